The van der Waals surface area contributed by atoms with Gasteiger partial charge in [-0.15, -0.1) is 0 Å². The van der Waals surface area contributed by atoms with Gasteiger partial charge in [-0.25, -0.2) is 0 Å². The van der Waals surface area contributed by atoms with Crippen molar-refractivity contribution in [1.29, 1.82) is 0 Å². The number of benzene rings is 1. The quantitative estimate of drug-likeness (QED) is 0.752. The Morgan fingerprint density at radius 1 is 1.07 bits per heavy atom. The van der Waals surface area contributed by atoms with Gasteiger partial charge in [0.15, 0.2) is 0 Å². The van der Waals surface area contributed by atoms with Gasteiger partial charge in [0, 0.05) is 0 Å². The number of nitrogens with one attached hydrogen (secondary N) is 1. The van der Waals surface area contributed by atoms with Crippen molar-refractivity contribution in [3.8, 4) is 0 Å². The summed E-state index contributed by atoms with van der Waals surface area (Å²) in [7, 11) is 0. The van der Waals surface area contributed by atoms with E-state index in [0.717, 1.165) is 24.9 Å². The van der Waals surface area contributed by atoms with Gasteiger partial charge in [-0.3, -0.25) is 0 Å². The molecule has 1 nitrogen and oxygen atoms in total. The van der Waals surface area contributed by atoms with E-state index in [-0.39, 0.29) is 0 Å². The third-order valence-corrected chi connectivity index (χ3v) is 3.09. The van der Waals surface area contributed by atoms with E-state index in [0.29, 0.717) is 0 Å². The minimum atomic E-state index is 0.741. The second-order valence-electron chi connectivity index (χ2n) is 4.45. The maximum atomic E-state index is 3.41. The van der Waals surface area contributed by atoms with Crippen LogP contribution >= 0.6 is 0 Å². The summed E-state index contributed by atoms with van der Waals surface area (Å²) in [6, 6.07) is 10.8. The molecule has 15 heavy (non-hydrogen) atoms. The number of hydrogen-bond acceptors (Lipinski definition) is 1. The molecule has 2 unspecified atom stereocenters. The first-order valence-electron chi connectivity index (χ1n) is 5.98. The van der Waals surface area contributed by atoms with Crippen molar-refractivity contribution in [2.75, 3.05) is 13.1 Å². The van der Waals surface area contributed by atoms with E-state index < -0.39 is 0 Å². The normalized spacial score (nSPS) is 14.9. The van der Waals surface area contributed by atoms with Gasteiger partial charge in [-0.1, -0.05) is 51.1 Å². The molecule has 84 valence electrons. The van der Waals surface area contributed by atoms with Gasteiger partial charge >= 0.3 is 0 Å². The van der Waals surface area contributed by atoms with E-state index in [1.807, 2.05) is 0 Å². The average molecular weight is 205 g/mol. The standard InChI is InChI=1S/C14H23N/c1-4-15-11-13(3)12(2)10-14-8-6-5-7-9-14/h5-9,12-13,15H,4,10-11H2,1-3H3. The summed E-state index contributed by atoms with van der Waals surface area (Å²) >= 11 is 0. The Morgan fingerprint density at radius 2 is 1.73 bits per heavy atom. The van der Waals surface area contributed by atoms with Crippen molar-refractivity contribution in [1.82, 2.24) is 5.32 Å². The minimum absolute atomic E-state index is 0.741. The van der Waals surface area contributed by atoms with E-state index in [1.165, 1.54) is 12.0 Å². The van der Waals surface area contributed by atoms with Crippen molar-refractivity contribution >= 4 is 0 Å². The highest BCUT2D eigenvalue weighted by atomic mass is 14.8. The van der Waals surface area contributed by atoms with Crippen LogP contribution < -0.4 is 5.32 Å². The van der Waals surface area contributed by atoms with Gasteiger partial charge in [0.2, 0.25) is 0 Å². The number of hydrogen-bond donors (Lipinski definition) is 1. The highest BCUT2D eigenvalue weighted by Gasteiger charge is 2.11. The lowest BCUT2D eigenvalue weighted by molar-refractivity contribution is 0.368. The molecule has 1 heteroatoms. The predicted octanol–water partition coefficient (Wildman–Crippen LogP) is 3.11. The molecule has 0 aliphatic carbocycles. The van der Waals surface area contributed by atoms with Crippen molar-refractivity contribution in [3.05, 3.63) is 35.9 Å². The molecule has 1 aromatic carbocycles. The summed E-state index contributed by atoms with van der Waals surface area (Å²) in [5, 5.41) is 3.41. The van der Waals surface area contributed by atoms with Crippen LogP contribution in [0.1, 0.15) is 26.3 Å². The summed E-state index contributed by atoms with van der Waals surface area (Å²) in [5.74, 6) is 1.48. The van der Waals surface area contributed by atoms with Crippen molar-refractivity contribution in [2.24, 2.45) is 11.8 Å². The molecule has 0 fully saturated rings. The highest BCUT2D eigenvalue weighted by molar-refractivity contribution is 5.15. The molecule has 1 rings (SSSR count). The molecule has 0 spiro atoms. The summed E-state index contributed by atoms with van der Waals surface area (Å²) in [4.78, 5) is 0. The summed E-state index contributed by atoms with van der Waals surface area (Å²) in [6.07, 6.45) is 1.19. The van der Waals surface area contributed by atoms with Crippen LogP contribution in [0, 0.1) is 11.8 Å². The number of rotatable bonds is 6. The molecular formula is C14H23N. The molecule has 0 aromatic heterocycles. The van der Waals surface area contributed by atoms with Gasteiger partial charge in [0.05, 0.1) is 0 Å². The fourth-order valence-electron chi connectivity index (χ4n) is 1.76. The summed E-state index contributed by atoms with van der Waals surface area (Å²) in [6.45, 7) is 9.03. The maximum Gasteiger partial charge on any atom is -0.00206 e. The Bertz CT molecular complexity index is 255. The van der Waals surface area contributed by atoms with Gasteiger partial charge in [0.25, 0.3) is 0 Å². The van der Waals surface area contributed by atoms with Crippen LogP contribution in [-0.4, -0.2) is 13.1 Å². The van der Waals surface area contributed by atoms with Crippen molar-refractivity contribution in [3.63, 3.8) is 0 Å². The topological polar surface area (TPSA) is 12.0 Å². The molecule has 0 bridgehead atoms. The van der Waals surface area contributed by atoms with Crippen molar-refractivity contribution < 1.29 is 0 Å². The molecule has 0 aliphatic rings. The maximum absolute atomic E-state index is 3.41. The molecule has 1 N–H and O–H groups in total. The van der Waals surface area contributed by atoms with Crippen LogP contribution in [0.25, 0.3) is 0 Å². The van der Waals surface area contributed by atoms with Crippen LogP contribution in [0.4, 0.5) is 0 Å². The molecule has 0 heterocycles. The van der Waals surface area contributed by atoms with Crippen molar-refractivity contribution in [2.45, 2.75) is 27.2 Å². The van der Waals surface area contributed by atoms with Gasteiger partial charge in [-0.05, 0) is 36.9 Å². The third kappa shape index (κ3) is 4.48. The first-order chi connectivity index (χ1) is 7.24. The third-order valence-electron chi connectivity index (χ3n) is 3.09. The average Bonchev–Trinajstić information content (AvgIpc) is 2.27. The fourth-order valence-corrected chi connectivity index (χ4v) is 1.76. The molecule has 0 saturated carbocycles. The zero-order valence-corrected chi connectivity index (χ0v) is 10.2. The monoisotopic (exact) mass is 205 g/mol. The lowest BCUT2D eigenvalue weighted by Gasteiger charge is -2.20. The van der Waals surface area contributed by atoms with Crippen LogP contribution in [-0.2, 0) is 6.42 Å². The zero-order valence-electron chi connectivity index (χ0n) is 10.2. The lowest BCUT2D eigenvalue weighted by atomic mass is 9.89. The van der Waals surface area contributed by atoms with Gasteiger partial charge in [0.1, 0.15) is 0 Å². The molecular weight excluding hydrogens is 182 g/mol. The summed E-state index contributed by atoms with van der Waals surface area (Å²) in [5.41, 5.74) is 1.45. The Balaban J connectivity index is 2.38. The smallest absolute Gasteiger partial charge is 0.00206 e. The second-order valence-corrected chi connectivity index (χ2v) is 4.45. The minimum Gasteiger partial charge on any atom is -0.317 e. The highest BCUT2D eigenvalue weighted by Crippen LogP contribution is 2.16. The summed E-state index contributed by atoms with van der Waals surface area (Å²) < 4.78 is 0. The van der Waals surface area contributed by atoms with Crippen LogP contribution in [0.3, 0.4) is 0 Å². The fraction of sp³-hybridized carbons (Fsp3) is 0.571. The van der Waals surface area contributed by atoms with Gasteiger partial charge in [-0.2, -0.15) is 0 Å². The van der Waals surface area contributed by atoms with Crippen LogP contribution in [0.5, 0.6) is 0 Å². The molecule has 0 radical (unpaired) electrons. The first kappa shape index (κ1) is 12.3. The Labute approximate surface area is 93.9 Å². The molecule has 2 atom stereocenters. The molecule has 0 amide bonds. The van der Waals surface area contributed by atoms with E-state index in [4.69, 9.17) is 0 Å². The van der Waals surface area contributed by atoms with E-state index >= 15 is 0 Å². The van der Waals surface area contributed by atoms with E-state index in [1.54, 1.807) is 0 Å². The molecule has 1 aromatic rings. The van der Waals surface area contributed by atoms with Crippen LogP contribution in [0.2, 0.25) is 0 Å². The Kier molecular flexibility index (Phi) is 5.41. The predicted molar refractivity (Wildman–Crippen MR) is 67.0 cm³/mol. The first-order valence-corrected chi connectivity index (χ1v) is 5.98. The van der Waals surface area contributed by atoms with E-state index in [2.05, 4.69) is 56.4 Å². The van der Waals surface area contributed by atoms with Crippen LogP contribution in [0.15, 0.2) is 30.3 Å². The van der Waals surface area contributed by atoms with E-state index in [9.17, 15) is 0 Å². The lowest BCUT2D eigenvalue weighted by Crippen LogP contribution is -2.25. The Hall–Kier alpha value is -0.820. The second kappa shape index (κ2) is 6.62. The Morgan fingerprint density at radius 3 is 2.33 bits per heavy atom. The molecule has 0 aliphatic heterocycles. The van der Waals surface area contributed by atoms with Gasteiger partial charge < -0.3 is 5.32 Å². The molecule has 0 saturated heterocycles. The largest absolute Gasteiger partial charge is 0.317 e. The SMILES string of the molecule is CCNCC(C)C(C)Cc1ccccc1. The zero-order chi connectivity index (χ0) is 11.1.